The average molecular weight is 463 g/mol. The molecule has 0 bridgehead atoms. The molecule has 0 aliphatic heterocycles. The predicted molar refractivity (Wildman–Crippen MR) is 126 cm³/mol. The van der Waals surface area contributed by atoms with Crippen LogP contribution in [-0.4, -0.2) is 24.3 Å². The molecule has 8 nitrogen and oxygen atoms in total. The van der Waals surface area contributed by atoms with Crippen molar-refractivity contribution in [1.82, 2.24) is 15.3 Å². The second kappa shape index (κ2) is 8.25. The minimum Gasteiger partial charge on any atom is -0.345 e. The van der Waals surface area contributed by atoms with Gasteiger partial charge in [-0.25, -0.2) is 13.2 Å². The Morgan fingerprint density at radius 1 is 0.939 bits per heavy atom. The summed E-state index contributed by atoms with van der Waals surface area (Å²) < 4.78 is 28.6. The summed E-state index contributed by atoms with van der Waals surface area (Å²) in [5, 5.41) is 3.07. The topological polar surface area (TPSA) is 124 Å². The Hall–Kier alpha value is -3.85. The van der Waals surface area contributed by atoms with Crippen molar-refractivity contribution >= 4 is 32.7 Å². The molecule has 0 saturated carbocycles. The molecule has 3 aromatic carbocycles. The Bertz CT molecular complexity index is 1520. The first-order chi connectivity index (χ1) is 15.9. The first-order valence-electron chi connectivity index (χ1n) is 10.6. The minimum absolute atomic E-state index is 0.0262. The number of hydrogen-bond acceptors (Lipinski definition) is 4. The quantitative estimate of drug-likeness (QED) is 0.363. The highest BCUT2D eigenvalue weighted by Gasteiger charge is 2.24. The normalized spacial score (nSPS) is 15.7. The highest BCUT2D eigenvalue weighted by Crippen LogP contribution is 2.30. The number of anilines is 1. The smallest absolute Gasteiger partial charge is 0.323 e. The number of aromatic amines is 2. The Labute approximate surface area is 190 Å². The molecule has 0 spiro atoms. The number of amides is 1. The van der Waals surface area contributed by atoms with Gasteiger partial charge in [-0.2, -0.15) is 0 Å². The second-order valence-corrected chi connectivity index (χ2v) is 9.74. The van der Waals surface area contributed by atoms with Crippen LogP contribution in [0.2, 0.25) is 0 Å². The van der Waals surface area contributed by atoms with Gasteiger partial charge >= 0.3 is 5.69 Å². The van der Waals surface area contributed by atoms with Gasteiger partial charge < -0.3 is 15.3 Å². The fourth-order valence-corrected chi connectivity index (χ4v) is 5.40. The Kier molecular flexibility index (Phi) is 5.26. The van der Waals surface area contributed by atoms with Gasteiger partial charge in [-0.3, -0.25) is 9.52 Å². The molecule has 1 heterocycles. The molecule has 9 heteroatoms. The van der Waals surface area contributed by atoms with Crippen molar-refractivity contribution in [1.29, 1.82) is 0 Å². The third kappa shape index (κ3) is 4.14. The van der Waals surface area contributed by atoms with E-state index in [1.165, 1.54) is 23.8 Å². The summed E-state index contributed by atoms with van der Waals surface area (Å²) in [6.45, 7) is 0. The van der Waals surface area contributed by atoms with E-state index in [1.807, 2.05) is 18.2 Å². The number of carbonyl (C=O) groups is 1. The molecule has 4 aromatic rings. The lowest BCUT2D eigenvalue weighted by atomic mass is 9.87. The first kappa shape index (κ1) is 21.0. The van der Waals surface area contributed by atoms with Crippen molar-refractivity contribution in [2.24, 2.45) is 0 Å². The van der Waals surface area contributed by atoms with E-state index in [0.29, 0.717) is 11.0 Å². The zero-order chi connectivity index (χ0) is 23.0. The number of benzene rings is 3. The Morgan fingerprint density at radius 3 is 2.58 bits per heavy atom. The number of fused-ring (bicyclic) bond motifs is 2. The third-order valence-electron chi connectivity index (χ3n) is 5.89. The monoisotopic (exact) mass is 462 g/mol. The molecule has 0 unspecified atom stereocenters. The van der Waals surface area contributed by atoms with Crippen LogP contribution in [0, 0.1) is 0 Å². The molecule has 1 aliphatic rings. The number of nitrogens with one attached hydrogen (secondary N) is 4. The van der Waals surface area contributed by atoms with Crippen LogP contribution in [0.25, 0.3) is 11.0 Å². The van der Waals surface area contributed by atoms with Gasteiger partial charge in [0.2, 0.25) is 0 Å². The number of aromatic nitrogens is 2. The molecule has 4 N–H and O–H groups in total. The van der Waals surface area contributed by atoms with Crippen molar-refractivity contribution in [2.45, 2.75) is 30.2 Å². The maximum atomic E-state index is 13.2. The van der Waals surface area contributed by atoms with Crippen LogP contribution in [0.3, 0.4) is 0 Å². The minimum atomic E-state index is -4.00. The summed E-state index contributed by atoms with van der Waals surface area (Å²) in [4.78, 5) is 29.7. The van der Waals surface area contributed by atoms with Gasteiger partial charge in [-0.15, -0.1) is 0 Å². The summed E-state index contributed by atoms with van der Waals surface area (Å²) in [7, 11) is -4.00. The number of sulfonamides is 1. The van der Waals surface area contributed by atoms with E-state index in [4.69, 9.17) is 0 Å². The van der Waals surface area contributed by atoms with Crippen LogP contribution >= 0.6 is 0 Å². The van der Waals surface area contributed by atoms with E-state index in [1.54, 1.807) is 24.3 Å². The highest BCUT2D eigenvalue weighted by molar-refractivity contribution is 7.92. The number of carbonyl (C=O) groups excluding carboxylic acids is 1. The number of hydrogen-bond donors (Lipinski definition) is 4. The van der Waals surface area contributed by atoms with Gasteiger partial charge in [-0.1, -0.05) is 36.4 Å². The van der Waals surface area contributed by atoms with Gasteiger partial charge in [-0.05, 0) is 60.7 Å². The fraction of sp³-hybridized carbons (Fsp3) is 0.167. The number of aryl methyl sites for hydroxylation is 1. The molecule has 1 aliphatic carbocycles. The third-order valence-corrected chi connectivity index (χ3v) is 7.25. The van der Waals surface area contributed by atoms with E-state index in [-0.39, 0.29) is 28.1 Å². The second-order valence-electron chi connectivity index (χ2n) is 8.05. The molecule has 1 aromatic heterocycles. The summed E-state index contributed by atoms with van der Waals surface area (Å²) in [6, 6.07) is 18.7. The Balaban J connectivity index is 1.41. The van der Waals surface area contributed by atoms with E-state index >= 15 is 0 Å². The molecule has 0 fully saturated rings. The molecule has 168 valence electrons. The van der Waals surface area contributed by atoms with Gasteiger partial charge in [0.05, 0.1) is 33.2 Å². The van der Waals surface area contributed by atoms with Gasteiger partial charge in [0.1, 0.15) is 0 Å². The molecule has 5 rings (SSSR count). The molecule has 1 amide bonds. The summed E-state index contributed by atoms with van der Waals surface area (Å²) in [5.41, 5.74) is 3.21. The lowest BCUT2D eigenvalue weighted by Gasteiger charge is -2.26. The van der Waals surface area contributed by atoms with E-state index in [9.17, 15) is 18.0 Å². The number of para-hydroxylation sites is 1. The zero-order valence-corrected chi connectivity index (χ0v) is 18.4. The highest BCUT2D eigenvalue weighted by atomic mass is 32.2. The Morgan fingerprint density at radius 2 is 1.70 bits per heavy atom. The predicted octanol–water partition coefficient (Wildman–Crippen LogP) is 3.46. The number of H-pyrrole nitrogens is 2. The summed E-state index contributed by atoms with van der Waals surface area (Å²) in [6.07, 6.45) is 2.78. The summed E-state index contributed by atoms with van der Waals surface area (Å²) >= 11 is 0. The van der Waals surface area contributed by atoms with E-state index in [0.717, 1.165) is 24.8 Å². The summed E-state index contributed by atoms with van der Waals surface area (Å²) in [5.74, 6) is -0.347. The molecule has 1 atom stereocenters. The molecule has 0 radical (unpaired) electrons. The standard InChI is InChI=1S/C24H22N4O4S/c29-23(25-19-11-5-7-15-6-1-2-8-17(15)19)18-9-3-4-10-20(18)28-33(31,32)16-12-13-21-22(14-16)27-24(30)26-21/h1-4,6,8-10,12-14,19,28H,5,7,11H2,(H,25,29)(H2,26,27,30)/t19-/m0/s1. The lowest BCUT2D eigenvalue weighted by Crippen LogP contribution is -2.31. The largest absolute Gasteiger partial charge is 0.345 e. The maximum Gasteiger partial charge on any atom is 0.323 e. The maximum absolute atomic E-state index is 13.2. The van der Waals surface area contributed by atoms with Crippen LogP contribution in [0.5, 0.6) is 0 Å². The average Bonchev–Trinajstić information content (AvgIpc) is 3.18. The fourth-order valence-electron chi connectivity index (χ4n) is 4.29. The van der Waals surface area contributed by atoms with Gasteiger partial charge in [0, 0.05) is 0 Å². The van der Waals surface area contributed by atoms with Crippen molar-refractivity contribution in [2.75, 3.05) is 4.72 Å². The van der Waals surface area contributed by atoms with Gasteiger partial charge in [0.25, 0.3) is 15.9 Å². The van der Waals surface area contributed by atoms with Crippen LogP contribution in [0.4, 0.5) is 5.69 Å². The van der Waals surface area contributed by atoms with Crippen molar-refractivity contribution in [3.8, 4) is 0 Å². The SMILES string of the molecule is O=C(N[C@H]1CCCc2ccccc21)c1ccccc1NS(=O)(=O)c1ccc2[nH]c(=O)[nH]c2c1. The molecular formula is C24H22N4O4S. The lowest BCUT2D eigenvalue weighted by molar-refractivity contribution is 0.0933. The van der Waals surface area contributed by atoms with Crippen molar-refractivity contribution < 1.29 is 13.2 Å². The van der Waals surface area contributed by atoms with Crippen LogP contribution in [0.1, 0.15) is 40.4 Å². The zero-order valence-electron chi connectivity index (χ0n) is 17.6. The van der Waals surface area contributed by atoms with E-state index in [2.05, 4.69) is 26.1 Å². The van der Waals surface area contributed by atoms with Crippen LogP contribution in [0.15, 0.2) is 76.4 Å². The number of rotatable bonds is 5. The van der Waals surface area contributed by atoms with Gasteiger partial charge in [0.15, 0.2) is 0 Å². The van der Waals surface area contributed by atoms with Crippen molar-refractivity contribution in [3.63, 3.8) is 0 Å². The first-order valence-corrected chi connectivity index (χ1v) is 12.1. The van der Waals surface area contributed by atoms with E-state index < -0.39 is 15.7 Å². The van der Waals surface area contributed by atoms with Crippen LogP contribution in [-0.2, 0) is 16.4 Å². The number of imidazole rings is 1. The van der Waals surface area contributed by atoms with Crippen LogP contribution < -0.4 is 15.7 Å². The molecule has 33 heavy (non-hydrogen) atoms. The molecular weight excluding hydrogens is 440 g/mol. The van der Waals surface area contributed by atoms with Crippen molar-refractivity contribution in [3.05, 3.63) is 93.9 Å². The molecule has 0 saturated heterocycles.